The summed E-state index contributed by atoms with van der Waals surface area (Å²) in [6.45, 7) is 2.61. The zero-order valence-corrected chi connectivity index (χ0v) is 16.4. The Labute approximate surface area is 170 Å². The lowest BCUT2D eigenvalue weighted by Crippen LogP contribution is -2.20. The quantitative estimate of drug-likeness (QED) is 0.412. The van der Waals surface area contributed by atoms with Gasteiger partial charge in [-0.1, -0.05) is 49.4 Å². The van der Waals surface area contributed by atoms with Gasteiger partial charge in [-0.05, 0) is 53.9 Å². The predicted molar refractivity (Wildman–Crippen MR) is 116 cm³/mol. The number of amides is 1. The summed E-state index contributed by atoms with van der Waals surface area (Å²) in [4.78, 5) is 12.4. The van der Waals surface area contributed by atoms with Crippen LogP contribution in [-0.2, 0) is 13.0 Å². The van der Waals surface area contributed by atoms with Crippen LogP contribution in [0.3, 0.4) is 0 Å². The second kappa shape index (κ2) is 10.2. The number of carbonyl (C=O) groups excluding carboxylic acids is 1. The molecule has 4 nitrogen and oxygen atoms in total. The van der Waals surface area contributed by atoms with Crippen molar-refractivity contribution in [2.45, 2.75) is 26.3 Å². The van der Waals surface area contributed by atoms with Crippen LogP contribution in [0.5, 0.6) is 0 Å². The topological polar surface area (TPSA) is 53.5 Å². The van der Waals surface area contributed by atoms with Gasteiger partial charge in [0, 0.05) is 29.9 Å². The molecule has 0 atom stereocenters. The highest BCUT2D eigenvalue weighted by molar-refractivity contribution is 5.95. The maximum atomic E-state index is 12.9. The molecule has 148 valence electrons. The summed E-state index contributed by atoms with van der Waals surface area (Å²) in [5.74, 6) is -0.495. The summed E-state index contributed by atoms with van der Waals surface area (Å²) in [6, 6.07) is 23.6. The molecule has 0 aliphatic heterocycles. The molecule has 3 rings (SSSR count). The van der Waals surface area contributed by atoms with Crippen molar-refractivity contribution in [1.82, 2.24) is 5.43 Å². The Kier molecular flexibility index (Phi) is 7.11. The number of anilines is 1. The van der Waals surface area contributed by atoms with E-state index in [1.165, 1.54) is 17.7 Å². The number of nitrogens with zero attached hydrogens (tertiary/aromatic N) is 1. The van der Waals surface area contributed by atoms with Gasteiger partial charge in [0.25, 0.3) is 5.91 Å². The maximum Gasteiger partial charge on any atom is 0.271 e. The van der Waals surface area contributed by atoms with Crippen LogP contribution >= 0.6 is 0 Å². The van der Waals surface area contributed by atoms with Crippen molar-refractivity contribution in [3.05, 3.63) is 101 Å². The zero-order chi connectivity index (χ0) is 20.5. The number of halogens is 1. The maximum absolute atomic E-state index is 12.9. The Morgan fingerprint density at radius 2 is 1.59 bits per heavy atom. The number of carbonyl (C=O) groups is 1. The van der Waals surface area contributed by atoms with Crippen molar-refractivity contribution < 1.29 is 9.18 Å². The van der Waals surface area contributed by atoms with E-state index >= 15 is 0 Å². The van der Waals surface area contributed by atoms with Crippen molar-refractivity contribution in [1.29, 1.82) is 0 Å². The number of hydrogen-bond acceptors (Lipinski definition) is 3. The molecule has 0 saturated carbocycles. The smallest absolute Gasteiger partial charge is 0.271 e. The molecule has 0 unspecified atom stereocenters. The lowest BCUT2D eigenvalue weighted by Gasteiger charge is -2.08. The van der Waals surface area contributed by atoms with Crippen LogP contribution in [0.2, 0.25) is 0 Å². The van der Waals surface area contributed by atoms with Crippen LogP contribution in [0, 0.1) is 5.82 Å². The number of nitrogens with one attached hydrogen (secondary N) is 2. The molecule has 0 aliphatic carbocycles. The molecule has 1 amide bonds. The van der Waals surface area contributed by atoms with Gasteiger partial charge in [0.05, 0.1) is 0 Å². The van der Waals surface area contributed by atoms with Crippen LogP contribution in [0.1, 0.15) is 34.8 Å². The molecule has 5 heteroatoms. The van der Waals surface area contributed by atoms with Crippen molar-refractivity contribution in [2.75, 3.05) is 5.32 Å². The van der Waals surface area contributed by atoms with Gasteiger partial charge in [0.2, 0.25) is 0 Å². The minimum atomic E-state index is -0.261. The van der Waals surface area contributed by atoms with E-state index in [1.807, 2.05) is 49.4 Å². The fourth-order valence-electron chi connectivity index (χ4n) is 2.82. The largest absolute Gasteiger partial charge is 0.381 e. The first kappa shape index (κ1) is 20.3. The van der Waals surface area contributed by atoms with Crippen molar-refractivity contribution in [2.24, 2.45) is 5.10 Å². The van der Waals surface area contributed by atoms with E-state index in [2.05, 4.69) is 15.8 Å². The highest BCUT2D eigenvalue weighted by atomic mass is 19.1. The second-order valence-corrected chi connectivity index (χ2v) is 6.69. The Balaban J connectivity index is 1.54. The number of hydrazone groups is 1. The molecule has 0 bridgehead atoms. The number of hydrogen-bond donors (Lipinski definition) is 2. The zero-order valence-electron chi connectivity index (χ0n) is 16.4. The van der Waals surface area contributed by atoms with Gasteiger partial charge in [0.1, 0.15) is 5.82 Å². The van der Waals surface area contributed by atoms with E-state index < -0.39 is 0 Å². The van der Waals surface area contributed by atoms with E-state index in [9.17, 15) is 9.18 Å². The molecule has 2 N–H and O–H groups in total. The van der Waals surface area contributed by atoms with E-state index in [-0.39, 0.29) is 11.7 Å². The van der Waals surface area contributed by atoms with Gasteiger partial charge in [-0.25, -0.2) is 9.82 Å². The Morgan fingerprint density at radius 1 is 0.897 bits per heavy atom. The molecule has 0 heterocycles. The van der Waals surface area contributed by atoms with Gasteiger partial charge in [-0.2, -0.15) is 5.10 Å². The Morgan fingerprint density at radius 3 is 2.24 bits per heavy atom. The molecule has 0 saturated heterocycles. The third kappa shape index (κ3) is 6.28. The van der Waals surface area contributed by atoms with Gasteiger partial charge in [-0.15, -0.1) is 0 Å². The highest BCUT2D eigenvalue weighted by Crippen LogP contribution is 2.11. The van der Waals surface area contributed by atoms with Crippen LogP contribution in [0.25, 0.3) is 0 Å². The third-order valence-corrected chi connectivity index (χ3v) is 4.53. The molecule has 3 aromatic rings. The van der Waals surface area contributed by atoms with Gasteiger partial charge in [-0.3, -0.25) is 4.79 Å². The standard InChI is InChI=1S/C24H24FN3O/c1-2-22(16-18-6-4-3-5-7-18)27-28-24(29)20-10-8-19(9-11-20)17-26-23-14-12-21(25)13-15-23/h3-15,26H,2,16-17H2,1H3,(H,28,29)/b27-22+. The van der Waals surface area contributed by atoms with Crippen molar-refractivity contribution in [3.63, 3.8) is 0 Å². The average molecular weight is 389 g/mol. The molecule has 29 heavy (non-hydrogen) atoms. The first-order valence-corrected chi connectivity index (χ1v) is 9.62. The molecule has 0 spiro atoms. The summed E-state index contributed by atoms with van der Waals surface area (Å²) in [6.07, 6.45) is 1.48. The summed E-state index contributed by atoms with van der Waals surface area (Å²) in [5.41, 5.74) is 7.15. The molecular formula is C24H24FN3O. The third-order valence-electron chi connectivity index (χ3n) is 4.53. The number of rotatable bonds is 8. The molecular weight excluding hydrogens is 365 g/mol. The van der Waals surface area contributed by atoms with Gasteiger partial charge >= 0.3 is 0 Å². The first-order valence-electron chi connectivity index (χ1n) is 9.62. The average Bonchev–Trinajstić information content (AvgIpc) is 2.77. The second-order valence-electron chi connectivity index (χ2n) is 6.69. The predicted octanol–water partition coefficient (Wildman–Crippen LogP) is 5.18. The molecule has 0 aliphatic rings. The lowest BCUT2D eigenvalue weighted by atomic mass is 10.1. The minimum Gasteiger partial charge on any atom is -0.381 e. The highest BCUT2D eigenvalue weighted by Gasteiger charge is 2.06. The van der Waals surface area contributed by atoms with Gasteiger partial charge < -0.3 is 5.32 Å². The van der Waals surface area contributed by atoms with E-state index in [0.29, 0.717) is 18.5 Å². The van der Waals surface area contributed by atoms with Crippen LogP contribution in [0.4, 0.5) is 10.1 Å². The SMILES string of the molecule is CC/C(Cc1ccccc1)=N\NC(=O)c1ccc(CNc2ccc(F)cc2)cc1. The molecule has 0 radical (unpaired) electrons. The fourth-order valence-corrected chi connectivity index (χ4v) is 2.82. The summed E-state index contributed by atoms with van der Waals surface area (Å²) < 4.78 is 12.9. The first-order chi connectivity index (χ1) is 14.1. The van der Waals surface area contributed by atoms with E-state index in [4.69, 9.17) is 0 Å². The summed E-state index contributed by atoms with van der Waals surface area (Å²) in [7, 11) is 0. The van der Waals surface area contributed by atoms with Gasteiger partial charge in [0.15, 0.2) is 0 Å². The molecule has 3 aromatic carbocycles. The summed E-state index contributed by atoms with van der Waals surface area (Å²) >= 11 is 0. The monoisotopic (exact) mass is 389 g/mol. The Hall–Kier alpha value is -3.47. The van der Waals surface area contributed by atoms with E-state index in [0.717, 1.165) is 23.4 Å². The minimum absolute atomic E-state index is 0.234. The number of benzene rings is 3. The van der Waals surface area contributed by atoms with Crippen LogP contribution < -0.4 is 10.7 Å². The molecule has 0 fully saturated rings. The normalized spacial score (nSPS) is 11.2. The summed E-state index contributed by atoms with van der Waals surface area (Å²) in [5, 5.41) is 7.51. The Bertz CT molecular complexity index is 952. The van der Waals surface area contributed by atoms with Crippen molar-refractivity contribution in [3.8, 4) is 0 Å². The van der Waals surface area contributed by atoms with Crippen LogP contribution in [-0.4, -0.2) is 11.6 Å². The molecule has 0 aromatic heterocycles. The lowest BCUT2D eigenvalue weighted by molar-refractivity contribution is 0.0954. The van der Waals surface area contributed by atoms with E-state index in [1.54, 1.807) is 24.3 Å². The fraction of sp³-hybridized carbons (Fsp3) is 0.167. The van der Waals surface area contributed by atoms with Crippen molar-refractivity contribution >= 4 is 17.3 Å². The van der Waals surface area contributed by atoms with Crippen LogP contribution in [0.15, 0.2) is 84.0 Å².